The molecule has 0 bridgehead atoms. The first-order chi connectivity index (χ1) is 9.04. The summed E-state index contributed by atoms with van der Waals surface area (Å²) in [5, 5.41) is 2.55. The maximum atomic E-state index is 13.5. The average Bonchev–Trinajstić information content (AvgIpc) is 2.92. The number of nitrogens with one attached hydrogen (secondary N) is 1. The normalized spacial score (nSPS) is 13.1. The number of thiazole rings is 1. The molecular weight excluding hydrogens is 270 g/mol. The van der Waals surface area contributed by atoms with Gasteiger partial charge in [0.25, 0.3) is 0 Å². The summed E-state index contributed by atoms with van der Waals surface area (Å²) in [4.78, 5) is 11.3. The fourth-order valence-corrected chi connectivity index (χ4v) is 2.53. The minimum Gasteiger partial charge on any atom is -0.336 e. The molecule has 4 nitrogen and oxygen atoms in total. The van der Waals surface area contributed by atoms with Gasteiger partial charge in [-0.1, -0.05) is 0 Å². The summed E-state index contributed by atoms with van der Waals surface area (Å²) in [6.07, 6.45) is 0. The quantitative estimate of drug-likeness (QED) is 0.758. The molecule has 3 aromatic rings. The van der Waals surface area contributed by atoms with E-state index in [1.165, 1.54) is 17.4 Å². The Morgan fingerprint density at radius 1 is 1.32 bits per heavy atom. The van der Waals surface area contributed by atoms with Gasteiger partial charge in [-0.15, -0.1) is 11.3 Å². The van der Waals surface area contributed by atoms with Crippen molar-refractivity contribution >= 4 is 22.4 Å². The van der Waals surface area contributed by atoms with Crippen LogP contribution in [0.3, 0.4) is 0 Å². The highest BCUT2D eigenvalue weighted by atomic mass is 32.1. The molecule has 0 amide bonds. The van der Waals surface area contributed by atoms with Gasteiger partial charge < -0.3 is 10.7 Å². The van der Waals surface area contributed by atoms with Gasteiger partial charge in [-0.25, -0.2) is 18.7 Å². The Morgan fingerprint density at radius 2 is 2.11 bits per heavy atom. The van der Waals surface area contributed by atoms with E-state index in [2.05, 4.69) is 15.0 Å². The summed E-state index contributed by atoms with van der Waals surface area (Å²) >= 11 is 1.41. The average molecular weight is 280 g/mol. The van der Waals surface area contributed by atoms with Crippen molar-refractivity contribution in [3.05, 3.63) is 34.2 Å². The lowest BCUT2D eigenvalue weighted by Crippen LogP contribution is -2.03. The second-order valence-corrected chi connectivity index (χ2v) is 5.12. The van der Waals surface area contributed by atoms with Gasteiger partial charge in [0, 0.05) is 11.4 Å². The van der Waals surface area contributed by atoms with E-state index < -0.39 is 11.6 Å². The van der Waals surface area contributed by atoms with Gasteiger partial charge in [-0.05, 0) is 13.0 Å². The molecule has 7 heteroatoms. The first kappa shape index (κ1) is 12.2. The molecule has 0 aliphatic heterocycles. The second-order valence-electron chi connectivity index (χ2n) is 4.23. The number of nitrogens with two attached hydrogens (primary N) is 1. The minimum atomic E-state index is -0.694. The molecule has 0 aliphatic rings. The van der Waals surface area contributed by atoms with Crippen molar-refractivity contribution in [2.24, 2.45) is 5.73 Å². The van der Waals surface area contributed by atoms with Gasteiger partial charge in [-0.3, -0.25) is 0 Å². The number of H-pyrrole nitrogens is 1. The highest BCUT2D eigenvalue weighted by Crippen LogP contribution is 2.26. The summed E-state index contributed by atoms with van der Waals surface area (Å²) in [5.74, 6) is -0.933. The lowest BCUT2D eigenvalue weighted by atomic mass is 10.3. The molecular formula is C12H10F2N4S. The predicted molar refractivity (Wildman–Crippen MR) is 69.7 cm³/mol. The van der Waals surface area contributed by atoms with Crippen LogP contribution in [0.5, 0.6) is 0 Å². The molecule has 98 valence electrons. The summed E-state index contributed by atoms with van der Waals surface area (Å²) in [6.45, 7) is 1.83. The predicted octanol–water partition coefficient (Wildman–Crippen LogP) is 2.98. The standard InChI is InChI=1S/C12H10F2N4S/c1-5(15)12-17-9(4-19-12)11-16-8-3-6(13)2-7(14)10(8)18-11/h2-5H,15H2,1H3,(H,16,18). The van der Waals surface area contributed by atoms with Gasteiger partial charge in [0.1, 0.15) is 22.0 Å². The monoisotopic (exact) mass is 280 g/mol. The first-order valence-electron chi connectivity index (χ1n) is 5.60. The van der Waals surface area contributed by atoms with Crippen molar-refractivity contribution in [1.82, 2.24) is 15.0 Å². The number of aromatic amines is 1. The molecule has 2 heterocycles. The highest BCUT2D eigenvalue weighted by Gasteiger charge is 2.14. The molecule has 2 aromatic heterocycles. The van der Waals surface area contributed by atoms with E-state index in [1.807, 2.05) is 6.92 Å². The Labute approximate surface area is 111 Å². The Hall–Kier alpha value is -1.86. The lowest BCUT2D eigenvalue weighted by molar-refractivity contribution is 0.591. The largest absolute Gasteiger partial charge is 0.336 e. The van der Waals surface area contributed by atoms with E-state index in [4.69, 9.17) is 5.73 Å². The van der Waals surface area contributed by atoms with Crippen LogP contribution in [-0.2, 0) is 0 Å². The van der Waals surface area contributed by atoms with Crippen LogP contribution in [0.25, 0.3) is 22.6 Å². The van der Waals surface area contributed by atoms with Gasteiger partial charge in [0.15, 0.2) is 11.6 Å². The molecule has 19 heavy (non-hydrogen) atoms. The first-order valence-corrected chi connectivity index (χ1v) is 6.48. The van der Waals surface area contributed by atoms with E-state index in [1.54, 1.807) is 5.38 Å². The summed E-state index contributed by atoms with van der Waals surface area (Å²) in [5.41, 5.74) is 6.72. The smallest absolute Gasteiger partial charge is 0.158 e. The maximum Gasteiger partial charge on any atom is 0.158 e. The van der Waals surface area contributed by atoms with Crippen LogP contribution in [-0.4, -0.2) is 15.0 Å². The molecule has 1 unspecified atom stereocenters. The van der Waals surface area contributed by atoms with E-state index >= 15 is 0 Å². The van der Waals surface area contributed by atoms with Gasteiger partial charge in [0.05, 0.1) is 11.6 Å². The molecule has 3 rings (SSSR count). The third kappa shape index (κ3) is 2.11. The summed E-state index contributed by atoms with van der Waals surface area (Å²) < 4.78 is 26.7. The van der Waals surface area contributed by atoms with E-state index in [-0.39, 0.29) is 11.6 Å². The number of nitrogens with zero attached hydrogens (tertiary/aromatic N) is 2. The zero-order valence-electron chi connectivity index (χ0n) is 9.95. The van der Waals surface area contributed by atoms with Crippen LogP contribution in [0.1, 0.15) is 18.0 Å². The molecule has 0 saturated heterocycles. The summed E-state index contributed by atoms with van der Waals surface area (Å²) in [6, 6.07) is 1.84. The number of rotatable bonds is 2. The second kappa shape index (κ2) is 4.36. The number of hydrogen-bond acceptors (Lipinski definition) is 4. The van der Waals surface area contributed by atoms with Gasteiger partial charge >= 0.3 is 0 Å². The number of imidazole rings is 1. The SMILES string of the molecule is CC(N)c1nc(-c2nc3c(F)cc(F)cc3[nH]2)cs1. The van der Waals surface area contributed by atoms with Crippen molar-refractivity contribution in [3.63, 3.8) is 0 Å². The van der Waals surface area contributed by atoms with Crippen molar-refractivity contribution in [1.29, 1.82) is 0 Å². The van der Waals surface area contributed by atoms with Crippen LogP contribution in [0.15, 0.2) is 17.5 Å². The number of hydrogen-bond donors (Lipinski definition) is 2. The number of fused-ring (bicyclic) bond motifs is 1. The third-order valence-corrected chi connectivity index (χ3v) is 3.70. The number of aromatic nitrogens is 3. The van der Waals surface area contributed by atoms with Crippen LogP contribution in [0.2, 0.25) is 0 Å². The molecule has 0 aliphatic carbocycles. The fraction of sp³-hybridized carbons (Fsp3) is 0.167. The molecule has 0 fully saturated rings. The van der Waals surface area contributed by atoms with Crippen LogP contribution in [0, 0.1) is 11.6 Å². The van der Waals surface area contributed by atoms with Crippen molar-refractivity contribution < 1.29 is 8.78 Å². The van der Waals surface area contributed by atoms with Gasteiger partial charge in [0.2, 0.25) is 0 Å². The molecule has 0 radical (unpaired) electrons. The Morgan fingerprint density at radius 3 is 2.79 bits per heavy atom. The lowest BCUT2D eigenvalue weighted by Gasteiger charge is -1.96. The molecule has 3 N–H and O–H groups in total. The molecule has 1 atom stereocenters. The van der Waals surface area contributed by atoms with Crippen molar-refractivity contribution in [2.75, 3.05) is 0 Å². The van der Waals surface area contributed by atoms with Crippen LogP contribution < -0.4 is 5.73 Å². The van der Waals surface area contributed by atoms with E-state index in [0.29, 0.717) is 17.0 Å². The molecule has 0 saturated carbocycles. The number of halogens is 2. The minimum absolute atomic E-state index is 0.103. The Bertz CT molecular complexity index is 747. The summed E-state index contributed by atoms with van der Waals surface area (Å²) in [7, 11) is 0. The maximum absolute atomic E-state index is 13.5. The zero-order chi connectivity index (χ0) is 13.6. The Balaban J connectivity index is 2.12. The number of benzene rings is 1. The zero-order valence-corrected chi connectivity index (χ0v) is 10.8. The molecule has 1 aromatic carbocycles. The molecule has 0 spiro atoms. The highest BCUT2D eigenvalue weighted by molar-refractivity contribution is 7.10. The Kier molecular flexibility index (Phi) is 2.79. The van der Waals surface area contributed by atoms with Gasteiger partial charge in [-0.2, -0.15) is 0 Å². The van der Waals surface area contributed by atoms with Crippen LogP contribution >= 0.6 is 11.3 Å². The van der Waals surface area contributed by atoms with Crippen LogP contribution in [0.4, 0.5) is 8.78 Å². The van der Waals surface area contributed by atoms with E-state index in [9.17, 15) is 8.78 Å². The van der Waals surface area contributed by atoms with Crippen molar-refractivity contribution in [2.45, 2.75) is 13.0 Å². The fourth-order valence-electron chi connectivity index (χ4n) is 1.77. The van der Waals surface area contributed by atoms with Crippen molar-refractivity contribution in [3.8, 4) is 11.5 Å². The van der Waals surface area contributed by atoms with E-state index in [0.717, 1.165) is 11.1 Å². The topological polar surface area (TPSA) is 67.6 Å². The third-order valence-electron chi connectivity index (χ3n) is 2.66.